The Bertz CT molecular complexity index is 1020. The van der Waals surface area contributed by atoms with Crippen LogP contribution in [0.15, 0.2) is 107 Å². The van der Waals surface area contributed by atoms with Gasteiger partial charge in [-0.3, -0.25) is 0 Å². The molecule has 0 fully saturated rings. The van der Waals surface area contributed by atoms with E-state index >= 15 is 0 Å². The summed E-state index contributed by atoms with van der Waals surface area (Å²) in [6.45, 7) is 1.49. The van der Waals surface area contributed by atoms with E-state index in [4.69, 9.17) is 5.11 Å². The summed E-state index contributed by atoms with van der Waals surface area (Å²) in [6.07, 6.45) is 1.50. The van der Waals surface area contributed by atoms with Gasteiger partial charge in [-0.25, -0.2) is 8.42 Å². The van der Waals surface area contributed by atoms with Crippen LogP contribution in [0.25, 0.3) is 0 Å². The summed E-state index contributed by atoms with van der Waals surface area (Å²) in [7, 11) is -6.61. The van der Waals surface area contributed by atoms with Gasteiger partial charge in [-0.2, -0.15) is 4.15 Å². The van der Waals surface area contributed by atoms with Crippen molar-refractivity contribution in [1.29, 1.82) is 0 Å². The molecule has 3 rings (SSSR count). The minimum absolute atomic E-state index is 0.197. The topological polar surface area (TPSA) is 66.7 Å². The predicted octanol–water partition coefficient (Wildman–Crippen LogP) is 3.43. The van der Waals surface area contributed by atoms with Gasteiger partial charge < -0.3 is 5.11 Å². The number of sulfonamides is 1. The zero-order valence-electron chi connectivity index (χ0n) is 16.2. The minimum atomic E-state index is -3.81. The normalized spacial score (nSPS) is 12.6. The first-order valence-corrected chi connectivity index (χ1v) is 12.6. The maximum atomic E-state index is 13.2. The molecule has 0 aliphatic rings. The van der Waals surface area contributed by atoms with E-state index in [-0.39, 0.29) is 12.4 Å². The van der Waals surface area contributed by atoms with Crippen LogP contribution in [0.3, 0.4) is 0 Å². The lowest BCUT2D eigenvalue weighted by Crippen LogP contribution is -2.26. The van der Waals surface area contributed by atoms with Crippen molar-refractivity contribution in [2.24, 2.45) is 4.15 Å². The Hall–Kier alpha value is -2.46. The van der Waals surface area contributed by atoms with Crippen LogP contribution >= 0.6 is 7.05 Å². The molecule has 0 aromatic heterocycles. The molecule has 0 atom stereocenters. The Kier molecular flexibility index (Phi) is 6.86. The van der Waals surface area contributed by atoms with Crippen molar-refractivity contribution in [3.63, 3.8) is 0 Å². The highest BCUT2D eigenvalue weighted by molar-refractivity contribution is 7.99. The van der Waals surface area contributed by atoms with E-state index in [0.29, 0.717) is 5.57 Å². The van der Waals surface area contributed by atoms with Gasteiger partial charge >= 0.3 is 0 Å². The minimum Gasteiger partial charge on any atom is -0.392 e. The Morgan fingerprint density at radius 1 is 0.828 bits per heavy atom. The summed E-state index contributed by atoms with van der Waals surface area (Å²) in [5.41, 5.74) is 0.573. The molecule has 0 amide bonds. The van der Waals surface area contributed by atoms with Crippen LogP contribution in [-0.4, -0.2) is 25.9 Å². The van der Waals surface area contributed by atoms with Gasteiger partial charge in [0.1, 0.15) is 0 Å². The van der Waals surface area contributed by atoms with E-state index in [0.717, 1.165) is 15.9 Å². The predicted molar refractivity (Wildman–Crippen MR) is 122 cm³/mol. The Morgan fingerprint density at radius 2 is 1.21 bits per heavy atom. The smallest absolute Gasteiger partial charge is 0.256 e. The van der Waals surface area contributed by atoms with Crippen molar-refractivity contribution in [2.75, 3.05) is 12.4 Å². The van der Waals surface area contributed by atoms with Crippen LogP contribution in [0.5, 0.6) is 0 Å². The highest BCUT2D eigenvalue weighted by atomic mass is 32.2. The lowest BCUT2D eigenvalue weighted by molar-refractivity contribution is 0.342. The standard InChI is InChI=1S/C23H24NO3PS/c1-20(17-18-25)19-29(26,27)24-28(21-11-5-2-6-12-21,22-13-7-3-8-14-22)23-15-9-4-10-16-23/h2-17,25H,18-19H2,1H3/b20-17-. The van der Waals surface area contributed by atoms with Crippen LogP contribution in [0.1, 0.15) is 6.92 Å². The molecule has 0 radical (unpaired) electrons. The van der Waals surface area contributed by atoms with Crippen LogP contribution in [0.4, 0.5) is 0 Å². The van der Waals surface area contributed by atoms with Gasteiger partial charge in [0.2, 0.25) is 0 Å². The molecule has 3 aromatic rings. The van der Waals surface area contributed by atoms with E-state index in [9.17, 15) is 8.42 Å². The number of hydrogen-bond acceptors (Lipinski definition) is 3. The molecule has 1 N–H and O–H groups in total. The van der Waals surface area contributed by atoms with Crippen molar-refractivity contribution in [1.82, 2.24) is 0 Å². The molecule has 0 saturated carbocycles. The number of aliphatic hydroxyl groups is 1. The molecule has 29 heavy (non-hydrogen) atoms. The first kappa shape index (κ1) is 21.3. The Labute approximate surface area is 172 Å². The summed E-state index contributed by atoms with van der Waals surface area (Å²) in [6, 6.07) is 28.9. The van der Waals surface area contributed by atoms with Crippen molar-refractivity contribution >= 4 is 33.0 Å². The van der Waals surface area contributed by atoms with E-state index < -0.39 is 17.1 Å². The second kappa shape index (κ2) is 9.36. The molecule has 0 saturated heterocycles. The Morgan fingerprint density at radius 3 is 1.55 bits per heavy atom. The summed E-state index contributed by atoms with van der Waals surface area (Å²) < 4.78 is 31.0. The largest absolute Gasteiger partial charge is 0.392 e. The van der Waals surface area contributed by atoms with Gasteiger partial charge in [-0.15, -0.1) is 0 Å². The number of nitrogens with zero attached hydrogens (tertiary/aromatic N) is 1. The molecule has 3 aromatic carbocycles. The average Bonchev–Trinajstić information content (AvgIpc) is 2.74. The molecule has 6 heteroatoms. The highest BCUT2D eigenvalue weighted by Gasteiger charge is 2.30. The van der Waals surface area contributed by atoms with Gasteiger partial charge in [0.25, 0.3) is 10.0 Å². The van der Waals surface area contributed by atoms with Crippen LogP contribution < -0.4 is 15.9 Å². The quantitative estimate of drug-likeness (QED) is 0.466. The summed E-state index contributed by atoms with van der Waals surface area (Å²) in [5.74, 6) is -0.220. The van der Waals surface area contributed by atoms with Gasteiger partial charge in [-0.05, 0) is 6.92 Å². The fraction of sp³-hybridized carbons (Fsp3) is 0.130. The van der Waals surface area contributed by atoms with Crippen molar-refractivity contribution in [3.8, 4) is 0 Å². The third kappa shape index (κ3) is 4.94. The van der Waals surface area contributed by atoms with Crippen LogP contribution in [0.2, 0.25) is 0 Å². The van der Waals surface area contributed by atoms with Crippen molar-refractivity contribution in [2.45, 2.75) is 6.92 Å². The number of aliphatic hydroxyl groups excluding tert-OH is 1. The second-order valence-electron chi connectivity index (χ2n) is 6.68. The Balaban J connectivity index is 2.39. The summed E-state index contributed by atoms with van der Waals surface area (Å²) >= 11 is 0. The first-order chi connectivity index (χ1) is 14.0. The fourth-order valence-electron chi connectivity index (χ4n) is 3.24. The SMILES string of the molecule is C/C(=C/CO)CS(=O)(=O)N=P(c1ccccc1)(c1ccccc1)c1ccccc1. The molecule has 150 valence electrons. The monoisotopic (exact) mass is 425 g/mol. The molecule has 0 heterocycles. The van der Waals surface area contributed by atoms with Crippen LogP contribution in [0, 0.1) is 0 Å². The molecule has 0 spiro atoms. The lowest BCUT2D eigenvalue weighted by atomic mass is 10.3. The van der Waals surface area contributed by atoms with Gasteiger partial charge in [0, 0.05) is 15.9 Å². The molecule has 4 nitrogen and oxygen atoms in total. The third-order valence-corrected chi connectivity index (χ3v) is 10.4. The summed E-state index contributed by atoms with van der Waals surface area (Å²) in [4.78, 5) is 0. The molecule has 0 bridgehead atoms. The molecule has 0 aliphatic carbocycles. The van der Waals surface area contributed by atoms with E-state index in [1.165, 1.54) is 6.08 Å². The first-order valence-electron chi connectivity index (χ1n) is 9.27. The fourth-order valence-corrected chi connectivity index (χ4v) is 9.49. The third-order valence-electron chi connectivity index (χ3n) is 4.49. The van der Waals surface area contributed by atoms with Gasteiger partial charge in [0.15, 0.2) is 0 Å². The van der Waals surface area contributed by atoms with Crippen LogP contribution in [-0.2, 0) is 10.0 Å². The van der Waals surface area contributed by atoms with E-state index in [1.807, 2.05) is 91.0 Å². The molecule has 0 aliphatic heterocycles. The van der Waals surface area contributed by atoms with E-state index in [1.54, 1.807) is 6.92 Å². The van der Waals surface area contributed by atoms with E-state index in [2.05, 4.69) is 4.15 Å². The maximum Gasteiger partial charge on any atom is 0.256 e. The highest BCUT2D eigenvalue weighted by Crippen LogP contribution is 2.47. The van der Waals surface area contributed by atoms with Gasteiger partial charge in [-0.1, -0.05) is 103 Å². The summed E-state index contributed by atoms with van der Waals surface area (Å²) in [5, 5.41) is 11.7. The molecule has 0 unspecified atom stereocenters. The molecular formula is C23H24NO3PS. The van der Waals surface area contributed by atoms with Crippen molar-refractivity contribution in [3.05, 3.63) is 103 Å². The second-order valence-corrected chi connectivity index (χ2v) is 11.6. The number of rotatable bonds is 7. The number of benzene rings is 3. The average molecular weight is 425 g/mol. The molecular weight excluding hydrogens is 401 g/mol. The zero-order valence-corrected chi connectivity index (χ0v) is 17.9. The number of hydrogen-bond donors (Lipinski definition) is 1. The van der Waals surface area contributed by atoms with Gasteiger partial charge in [0.05, 0.1) is 19.4 Å². The van der Waals surface area contributed by atoms with Crippen molar-refractivity contribution < 1.29 is 13.5 Å². The maximum absolute atomic E-state index is 13.2. The zero-order chi connectivity index (χ0) is 20.7. The lowest BCUT2D eigenvalue weighted by Gasteiger charge is -2.26.